The lowest BCUT2D eigenvalue weighted by Gasteiger charge is -2.34. The summed E-state index contributed by atoms with van der Waals surface area (Å²) in [6.45, 7) is 3.49. The second-order valence-electron chi connectivity index (χ2n) is 7.75. The van der Waals surface area contributed by atoms with Crippen molar-refractivity contribution in [2.45, 2.75) is 44.4 Å². The molecule has 0 aromatic carbocycles. The second-order valence-corrected chi connectivity index (χ2v) is 7.75. The third-order valence-corrected chi connectivity index (χ3v) is 6.00. The third-order valence-electron chi connectivity index (χ3n) is 6.00. The molecule has 0 aliphatic carbocycles. The van der Waals surface area contributed by atoms with Crippen molar-refractivity contribution in [1.82, 2.24) is 15.2 Å². The van der Waals surface area contributed by atoms with Crippen LogP contribution in [0, 0.1) is 5.92 Å². The van der Waals surface area contributed by atoms with Gasteiger partial charge in [0.2, 0.25) is 17.7 Å². The molecule has 3 aliphatic rings. The van der Waals surface area contributed by atoms with Crippen LogP contribution in [0.2, 0.25) is 0 Å². The van der Waals surface area contributed by atoms with E-state index in [4.69, 9.17) is 0 Å². The number of imide groups is 1. The number of rotatable bonds is 3. The second kappa shape index (κ2) is 7.66. The first-order valence-electron chi connectivity index (χ1n) is 9.95. The van der Waals surface area contributed by atoms with Gasteiger partial charge in [-0.1, -0.05) is 6.07 Å². The number of amides is 3. The van der Waals surface area contributed by atoms with Crippen LogP contribution >= 0.6 is 0 Å². The molecule has 0 saturated carbocycles. The van der Waals surface area contributed by atoms with E-state index >= 15 is 0 Å². The van der Waals surface area contributed by atoms with Crippen LogP contribution in [0.25, 0.3) is 0 Å². The molecule has 1 aromatic heterocycles. The van der Waals surface area contributed by atoms with Crippen LogP contribution in [0.4, 0.5) is 5.82 Å². The molecule has 3 amide bonds. The van der Waals surface area contributed by atoms with Crippen molar-refractivity contribution in [2.75, 3.05) is 31.1 Å². The van der Waals surface area contributed by atoms with Crippen LogP contribution in [-0.4, -0.2) is 53.8 Å². The van der Waals surface area contributed by atoms with Crippen LogP contribution in [0.15, 0.2) is 18.3 Å². The molecule has 0 radical (unpaired) electrons. The summed E-state index contributed by atoms with van der Waals surface area (Å²) in [5, 5.41) is 2.39. The molecular weight excluding hydrogens is 344 g/mol. The molecular formula is C20H26N4O3. The van der Waals surface area contributed by atoms with Gasteiger partial charge in [0, 0.05) is 44.7 Å². The molecule has 27 heavy (non-hydrogen) atoms. The number of likely N-dealkylation sites (tertiary alicyclic amines) is 1. The highest BCUT2D eigenvalue weighted by molar-refractivity contribution is 6.00. The van der Waals surface area contributed by atoms with Gasteiger partial charge < -0.3 is 9.80 Å². The molecule has 4 rings (SSSR count). The average Bonchev–Trinajstić information content (AvgIpc) is 3.23. The molecule has 3 aliphatic heterocycles. The fourth-order valence-electron chi connectivity index (χ4n) is 4.35. The summed E-state index contributed by atoms with van der Waals surface area (Å²) in [5.41, 5.74) is 0.850. The first kappa shape index (κ1) is 17.9. The van der Waals surface area contributed by atoms with Crippen LogP contribution in [0.3, 0.4) is 0 Å². The Hall–Kier alpha value is -2.44. The van der Waals surface area contributed by atoms with Crippen LogP contribution in [0.1, 0.15) is 50.0 Å². The molecule has 4 heterocycles. The lowest BCUT2D eigenvalue weighted by Crippen LogP contribution is -2.42. The van der Waals surface area contributed by atoms with Gasteiger partial charge in [0.1, 0.15) is 5.82 Å². The van der Waals surface area contributed by atoms with Gasteiger partial charge in [-0.15, -0.1) is 0 Å². The monoisotopic (exact) mass is 370 g/mol. The number of nitrogens with one attached hydrogen (secondary N) is 1. The molecule has 144 valence electrons. The zero-order chi connectivity index (χ0) is 18.8. The average molecular weight is 370 g/mol. The van der Waals surface area contributed by atoms with Crippen LogP contribution in [0.5, 0.6) is 0 Å². The van der Waals surface area contributed by atoms with E-state index < -0.39 is 0 Å². The smallest absolute Gasteiger partial charge is 0.234 e. The Balaban J connectivity index is 1.34. The maximum atomic E-state index is 12.5. The summed E-state index contributed by atoms with van der Waals surface area (Å²) >= 11 is 0. The Morgan fingerprint density at radius 1 is 1.04 bits per heavy atom. The predicted molar refractivity (Wildman–Crippen MR) is 100 cm³/mol. The van der Waals surface area contributed by atoms with E-state index in [9.17, 15) is 14.4 Å². The van der Waals surface area contributed by atoms with Crippen molar-refractivity contribution < 1.29 is 14.4 Å². The normalized spacial score (nSPS) is 24.2. The lowest BCUT2D eigenvalue weighted by molar-refractivity contribution is -0.135. The highest BCUT2D eigenvalue weighted by atomic mass is 16.2. The fraction of sp³-hybridized carbons (Fsp3) is 0.600. The van der Waals surface area contributed by atoms with Crippen molar-refractivity contribution in [1.29, 1.82) is 0 Å². The number of anilines is 1. The standard InChI is InChI=1S/C20H26N4O3/c25-18-6-4-16(19(26)22-18)15-3-5-17(21-13-15)23-11-7-14(8-12-23)20(27)24-9-1-2-10-24/h3,5,13-14,16H,1-2,4,6-12H2,(H,22,25,26). The van der Waals surface area contributed by atoms with Gasteiger partial charge in [-0.3, -0.25) is 19.7 Å². The number of carbonyl (C=O) groups is 3. The molecule has 7 nitrogen and oxygen atoms in total. The molecule has 3 saturated heterocycles. The van der Waals surface area contributed by atoms with E-state index in [0.717, 1.165) is 63.2 Å². The van der Waals surface area contributed by atoms with Gasteiger partial charge in [-0.05, 0) is 43.7 Å². The van der Waals surface area contributed by atoms with E-state index in [1.165, 1.54) is 0 Å². The zero-order valence-corrected chi connectivity index (χ0v) is 15.5. The Kier molecular flexibility index (Phi) is 5.09. The van der Waals surface area contributed by atoms with E-state index in [1.54, 1.807) is 6.20 Å². The Morgan fingerprint density at radius 2 is 1.78 bits per heavy atom. The molecule has 1 N–H and O–H groups in total. The number of nitrogens with zero attached hydrogens (tertiary/aromatic N) is 3. The maximum absolute atomic E-state index is 12.5. The highest BCUT2D eigenvalue weighted by Crippen LogP contribution is 2.28. The summed E-state index contributed by atoms with van der Waals surface area (Å²) in [5.74, 6) is 0.621. The van der Waals surface area contributed by atoms with Crippen LogP contribution in [-0.2, 0) is 14.4 Å². The van der Waals surface area contributed by atoms with Crippen molar-refractivity contribution in [2.24, 2.45) is 5.92 Å². The maximum Gasteiger partial charge on any atom is 0.234 e. The quantitative estimate of drug-likeness (QED) is 0.814. The van der Waals surface area contributed by atoms with Crippen molar-refractivity contribution in [3.63, 3.8) is 0 Å². The molecule has 0 bridgehead atoms. The summed E-state index contributed by atoms with van der Waals surface area (Å²) in [6.07, 6.45) is 6.66. The number of pyridine rings is 1. The summed E-state index contributed by atoms with van der Waals surface area (Å²) in [6, 6.07) is 3.88. The predicted octanol–water partition coefficient (Wildman–Crippen LogP) is 1.44. The summed E-state index contributed by atoms with van der Waals surface area (Å²) in [4.78, 5) is 44.6. The first-order valence-corrected chi connectivity index (χ1v) is 9.95. The third kappa shape index (κ3) is 3.82. The Labute approximate surface area is 159 Å². The number of hydrogen-bond acceptors (Lipinski definition) is 5. The molecule has 1 atom stereocenters. The first-order chi connectivity index (χ1) is 13.1. The van der Waals surface area contributed by atoms with Crippen molar-refractivity contribution in [3.05, 3.63) is 23.9 Å². The van der Waals surface area contributed by atoms with E-state index in [-0.39, 0.29) is 23.7 Å². The molecule has 3 fully saturated rings. The van der Waals surface area contributed by atoms with Crippen molar-refractivity contribution >= 4 is 23.5 Å². The minimum absolute atomic E-state index is 0.141. The minimum atomic E-state index is -0.298. The topological polar surface area (TPSA) is 82.6 Å². The lowest BCUT2D eigenvalue weighted by atomic mass is 9.91. The molecule has 0 spiro atoms. The van der Waals surface area contributed by atoms with Crippen molar-refractivity contribution in [3.8, 4) is 0 Å². The largest absolute Gasteiger partial charge is 0.357 e. The number of piperidine rings is 2. The zero-order valence-electron chi connectivity index (χ0n) is 15.5. The molecule has 1 unspecified atom stereocenters. The van der Waals surface area contributed by atoms with Gasteiger partial charge in [-0.2, -0.15) is 0 Å². The van der Waals surface area contributed by atoms with Gasteiger partial charge >= 0.3 is 0 Å². The van der Waals surface area contributed by atoms with Gasteiger partial charge in [0.25, 0.3) is 0 Å². The van der Waals surface area contributed by atoms with E-state index in [1.807, 2.05) is 17.0 Å². The fourth-order valence-corrected chi connectivity index (χ4v) is 4.35. The highest BCUT2D eigenvalue weighted by Gasteiger charge is 2.31. The van der Waals surface area contributed by atoms with Crippen LogP contribution < -0.4 is 10.2 Å². The summed E-state index contributed by atoms with van der Waals surface area (Å²) in [7, 11) is 0. The summed E-state index contributed by atoms with van der Waals surface area (Å²) < 4.78 is 0. The van der Waals surface area contributed by atoms with Gasteiger partial charge in [0.15, 0.2) is 0 Å². The number of aromatic nitrogens is 1. The number of carbonyl (C=O) groups excluding carboxylic acids is 3. The Morgan fingerprint density at radius 3 is 2.41 bits per heavy atom. The Bertz CT molecular complexity index is 719. The van der Waals surface area contributed by atoms with Gasteiger partial charge in [-0.25, -0.2) is 4.98 Å². The SMILES string of the molecule is O=C1CCC(c2ccc(N3CCC(C(=O)N4CCCC4)CC3)nc2)C(=O)N1. The minimum Gasteiger partial charge on any atom is -0.357 e. The number of hydrogen-bond donors (Lipinski definition) is 1. The van der Waals surface area contributed by atoms with E-state index in [0.29, 0.717) is 18.7 Å². The van der Waals surface area contributed by atoms with E-state index in [2.05, 4.69) is 15.2 Å². The molecule has 1 aromatic rings. The van der Waals surface area contributed by atoms with Gasteiger partial charge in [0.05, 0.1) is 5.92 Å². The molecule has 7 heteroatoms.